The molecule has 2 aromatic heterocycles. The van der Waals surface area contributed by atoms with E-state index < -0.39 is 0 Å². The van der Waals surface area contributed by atoms with E-state index in [1.165, 1.54) is 12.0 Å². The predicted molar refractivity (Wildman–Crippen MR) is 114 cm³/mol. The molecule has 1 atom stereocenters. The Kier molecular flexibility index (Phi) is 7.55. The number of methoxy groups -OCH3 is 1. The number of aromatic nitrogens is 3. The number of anilines is 1. The summed E-state index contributed by atoms with van der Waals surface area (Å²) in [5.41, 5.74) is 3.43. The number of aryl methyl sites for hydroxylation is 2. The second kappa shape index (κ2) is 10.3. The molecule has 1 unspecified atom stereocenters. The highest BCUT2D eigenvalue weighted by Crippen LogP contribution is 2.28. The molecule has 0 bridgehead atoms. The van der Waals surface area contributed by atoms with Crippen LogP contribution in [0.3, 0.4) is 0 Å². The summed E-state index contributed by atoms with van der Waals surface area (Å²) in [6.45, 7) is 5.28. The fourth-order valence-electron chi connectivity index (χ4n) is 3.85. The molecule has 0 saturated carbocycles. The van der Waals surface area contributed by atoms with Crippen molar-refractivity contribution in [1.82, 2.24) is 15.0 Å². The average molecular weight is 397 g/mol. The van der Waals surface area contributed by atoms with Crippen LogP contribution in [-0.2, 0) is 17.6 Å². The lowest BCUT2D eigenvalue weighted by molar-refractivity contribution is -0.119. The Hall–Kier alpha value is -2.50. The third-order valence-electron chi connectivity index (χ3n) is 5.60. The molecule has 6 heteroatoms. The van der Waals surface area contributed by atoms with Crippen molar-refractivity contribution in [3.8, 4) is 6.01 Å². The number of fused-ring (bicyclic) bond motifs is 1. The van der Waals surface area contributed by atoms with Gasteiger partial charge in [0.15, 0.2) is 0 Å². The van der Waals surface area contributed by atoms with E-state index >= 15 is 0 Å². The minimum absolute atomic E-state index is 0.141. The summed E-state index contributed by atoms with van der Waals surface area (Å²) in [6, 6.07) is 4.68. The minimum Gasteiger partial charge on any atom is -0.467 e. The highest BCUT2D eigenvalue weighted by atomic mass is 16.5. The van der Waals surface area contributed by atoms with Crippen LogP contribution in [0.4, 0.5) is 5.82 Å². The van der Waals surface area contributed by atoms with E-state index in [4.69, 9.17) is 9.72 Å². The maximum absolute atomic E-state index is 12.6. The molecule has 3 heterocycles. The number of Topliss-reactive ketones (excluding diaryl/α,β-unsaturated/α-hetero) is 1. The molecule has 0 aliphatic carbocycles. The Bertz CT molecular complexity index is 805. The summed E-state index contributed by atoms with van der Waals surface area (Å²) in [5, 5.41) is 3.38. The third-order valence-corrected chi connectivity index (χ3v) is 5.60. The lowest BCUT2D eigenvalue weighted by Crippen LogP contribution is -2.14. The zero-order valence-corrected chi connectivity index (χ0v) is 17.8. The number of unbranched alkanes of at least 4 members (excludes halogenated alkanes) is 1. The molecule has 0 aromatic carbocycles. The van der Waals surface area contributed by atoms with Crippen LogP contribution in [0.2, 0.25) is 0 Å². The number of nitrogens with zero attached hydrogens (tertiary/aromatic N) is 3. The molecule has 2 aromatic rings. The van der Waals surface area contributed by atoms with Crippen molar-refractivity contribution >= 4 is 11.6 Å². The third kappa shape index (κ3) is 5.99. The first-order valence-corrected chi connectivity index (χ1v) is 10.7. The van der Waals surface area contributed by atoms with Crippen LogP contribution in [0.1, 0.15) is 68.7 Å². The minimum atomic E-state index is 0.141. The fraction of sp³-hybridized carbons (Fsp3) is 0.565. The van der Waals surface area contributed by atoms with E-state index in [-0.39, 0.29) is 5.92 Å². The van der Waals surface area contributed by atoms with Gasteiger partial charge in [-0.25, -0.2) is 15.0 Å². The van der Waals surface area contributed by atoms with E-state index in [1.54, 1.807) is 19.5 Å². The van der Waals surface area contributed by atoms with Crippen LogP contribution in [-0.4, -0.2) is 34.4 Å². The number of carbonyl (C=O) groups is 1. The van der Waals surface area contributed by atoms with Crippen LogP contribution in [0.25, 0.3) is 0 Å². The van der Waals surface area contributed by atoms with Crippen LogP contribution in [0, 0.1) is 5.92 Å². The van der Waals surface area contributed by atoms with Gasteiger partial charge in [-0.15, -0.1) is 0 Å². The smallest absolute Gasteiger partial charge is 0.316 e. The number of pyridine rings is 1. The summed E-state index contributed by atoms with van der Waals surface area (Å²) in [5.74, 6) is 1.84. The van der Waals surface area contributed by atoms with E-state index in [0.717, 1.165) is 49.3 Å². The molecule has 156 valence electrons. The second-order valence-electron chi connectivity index (χ2n) is 8.14. The van der Waals surface area contributed by atoms with Gasteiger partial charge < -0.3 is 10.1 Å². The number of ether oxygens (including phenoxy) is 1. The van der Waals surface area contributed by atoms with E-state index in [2.05, 4.69) is 41.3 Å². The van der Waals surface area contributed by atoms with Gasteiger partial charge in [-0.05, 0) is 61.1 Å². The molecule has 0 fully saturated rings. The first-order valence-electron chi connectivity index (χ1n) is 10.7. The predicted octanol–water partition coefficient (Wildman–Crippen LogP) is 4.35. The van der Waals surface area contributed by atoms with E-state index in [9.17, 15) is 4.79 Å². The Balaban J connectivity index is 1.45. The number of rotatable bonds is 10. The average Bonchev–Trinajstić information content (AvgIpc) is 2.75. The summed E-state index contributed by atoms with van der Waals surface area (Å²) in [6.07, 6.45) is 9.79. The zero-order valence-electron chi connectivity index (χ0n) is 17.8. The highest BCUT2D eigenvalue weighted by Gasteiger charge is 2.20. The molecule has 29 heavy (non-hydrogen) atoms. The quantitative estimate of drug-likeness (QED) is 0.602. The fourth-order valence-corrected chi connectivity index (χ4v) is 3.85. The number of nitrogens with one attached hydrogen (secondary N) is 1. The molecular formula is C23H32N4O2. The SMILES string of the molecule is COc1ncc(C(CC(=O)CCCCc2ccc3c(n2)NCCC3)C(C)C)cn1. The summed E-state index contributed by atoms with van der Waals surface area (Å²) >= 11 is 0. The standard InChI is InChI=1S/C23H32N4O2/c1-16(2)21(18-14-25-23(29-3)26-15-18)13-20(28)9-5-4-8-19-11-10-17-7-6-12-24-22(17)27-19/h10-11,14-16,21H,4-9,12-13H2,1-3H3,(H,24,27). The first kappa shape index (κ1) is 21.2. The molecule has 0 radical (unpaired) electrons. The van der Waals surface area contributed by atoms with E-state index in [1.807, 2.05) is 0 Å². The summed E-state index contributed by atoms with van der Waals surface area (Å²) in [7, 11) is 1.55. The molecular weight excluding hydrogens is 364 g/mol. The monoisotopic (exact) mass is 396 g/mol. The van der Waals surface area contributed by atoms with Crippen molar-refractivity contribution in [2.75, 3.05) is 19.0 Å². The molecule has 1 aliphatic heterocycles. The molecule has 0 amide bonds. The number of hydrogen-bond donors (Lipinski definition) is 1. The number of ketones is 1. The maximum atomic E-state index is 12.6. The Morgan fingerprint density at radius 3 is 2.72 bits per heavy atom. The van der Waals surface area contributed by atoms with Gasteiger partial charge in [-0.2, -0.15) is 0 Å². The van der Waals surface area contributed by atoms with Crippen molar-refractivity contribution in [3.63, 3.8) is 0 Å². The van der Waals surface area contributed by atoms with Crippen LogP contribution < -0.4 is 10.1 Å². The summed E-state index contributed by atoms with van der Waals surface area (Å²) < 4.78 is 5.02. The van der Waals surface area contributed by atoms with Gasteiger partial charge >= 0.3 is 6.01 Å². The highest BCUT2D eigenvalue weighted by molar-refractivity contribution is 5.79. The Morgan fingerprint density at radius 1 is 1.21 bits per heavy atom. The lowest BCUT2D eigenvalue weighted by atomic mass is 9.85. The molecule has 1 N–H and O–H groups in total. The van der Waals surface area contributed by atoms with E-state index in [0.29, 0.717) is 30.6 Å². The molecule has 0 saturated heterocycles. The van der Waals surface area contributed by atoms with Crippen molar-refractivity contribution < 1.29 is 9.53 Å². The van der Waals surface area contributed by atoms with Gasteiger partial charge in [0.05, 0.1) is 7.11 Å². The molecule has 3 rings (SSSR count). The van der Waals surface area contributed by atoms with Crippen LogP contribution in [0.5, 0.6) is 6.01 Å². The van der Waals surface area contributed by atoms with Gasteiger partial charge in [0.25, 0.3) is 0 Å². The van der Waals surface area contributed by atoms with Gasteiger partial charge in [0.1, 0.15) is 11.6 Å². The lowest BCUT2D eigenvalue weighted by Gasteiger charge is -2.20. The van der Waals surface area contributed by atoms with Crippen molar-refractivity contribution in [2.45, 2.75) is 64.7 Å². The van der Waals surface area contributed by atoms with Gasteiger partial charge in [-0.1, -0.05) is 19.9 Å². The molecule has 1 aliphatic rings. The first-order chi connectivity index (χ1) is 14.1. The largest absolute Gasteiger partial charge is 0.467 e. The Labute approximate surface area is 173 Å². The normalized spacial score (nSPS) is 14.2. The number of hydrogen-bond acceptors (Lipinski definition) is 6. The van der Waals surface area contributed by atoms with Gasteiger partial charge in [0, 0.05) is 37.5 Å². The maximum Gasteiger partial charge on any atom is 0.316 e. The van der Waals surface area contributed by atoms with Gasteiger partial charge in [0.2, 0.25) is 0 Å². The zero-order chi connectivity index (χ0) is 20.6. The van der Waals surface area contributed by atoms with Crippen molar-refractivity contribution in [1.29, 1.82) is 0 Å². The topological polar surface area (TPSA) is 77.0 Å². The molecule has 0 spiro atoms. The van der Waals surface area contributed by atoms with Crippen molar-refractivity contribution in [2.24, 2.45) is 5.92 Å². The number of carbonyl (C=O) groups excluding carboxylic acids is 1. The Morgan fingerprint density at radius 2 is 2.00 bits per heavy atom. The van der Waals surface area contributed by atoms with Gasteiger partial charge in [-0.3, -0.25) is 4.79 Å². The van der Waals surface area contributed by atoms with Crippen LogP contribution in [0.15, 0.2) is 24.5 Å². The van der Waals surface area contributed by atoms with Crippen molar-refractivity contribution in [3.05, 3.63) is 41.3 Å². The molecule has 6 nitrogen and oxygen atoms in total. The van der Waals surface area contributed by atoms with Crippen LogP contribution >= 0.6 is 0 Å². The second-order valence-corrected chi connectivity index (χ2v) is 8.14. The summed E-state index contributed by atoms with van der Waals surface area (Å²) in [4.78, 5) is 25.7.